The van der Waals surface area contributed by atoms with Crippen molar-refractivity contribution in [2.45, 2.75) is 67.9 Å². The lowest BCUT2D eigenvalue weighted by molar-refractivity contribution is 0.0444. The van der Waals surface area contributed by atoms with Gasteiger partial charge in [-0.25, -0.2) is 24.3 Å². The fraction of sp³-hybridized carbons (Fsp3) is 0.301. The van der Waals surface area contributed by atoms with Gasteiger partial charge in [-0.1, -0.05) is 54.6 Å². The second-order valence-electron chi connectivity index (χ2n) is 27.5. The number of aliphatic imine (C=N–C) groups is 1. The third-order valence-electron chi connectivity index (χ3n) is 19.0. The van der Waals surface area contributed by atoms with Gasteiger partial charge in [-0.05, 0) is 152 Å². The number of aromatic amines is 5. The molecule has 5 aliphatic heterocycles. The molecule has 6 aromatic heterocycles. The van der Waals surface area contributed by atoms with Crippen LogP contribution >= 0.6 is 0 Å². The molecule has 2 fully saturated rings. The van der Waals surface area contributed by atoms with Crippen molar-refractivity contribution in [1.29, 1.82) is 0 Å². The molecule has 0 atom stereocenters. The Balaban J connectivity index is 0.000000138. The molecule has 5 N–H and O–H groups in total. The molecule has 15 rings (SSSR count). The minimum absolute atomic E-state index is 0.508. The fourth-order valence-corrected chi connectivity index (χ4v) is 13.9. The van der Waals surface area contributed by atoms with Gasteiger partial charge >= 0.3 is 6.09 Å². The second-order valence-corrected chi connectivity index (χ2v) is 27.5. The van der Waals surface area contributed by atoms with Gasteiger partial charge in [-0.3, -0.25) is 9.80 Å². The summed E-state index contributed by atoms with van der Waals surface area (Å²) >= 11 is 0. The third kappa shape index (κ3) is 15.4. The van der Waals surface area contributed by atoms with Gasteiger partial charge in [0.15, 0.2) is 11.5 Å². The van der Waals surface area contributed by atoms with Crippen LogP contribution in [0.4, 0.5) is 10.5 Å². The number of carbonyl (C=O) groups is 1. The molecule has 0 saturated carbocycles. The fourth-order valence-electron chi connectivity index (χ4n) is 13.9. The summed E-state index contributed by atoms with van der Waals surface area (Å²) in [6.07, 6.45) is 7.47. The maximum Gasteiger partial charge on any atom is 0.419 e. The molecular formula is C83H92N12O8. The molecule has 0 aliphatic carbocycles. The Morgan fingerprint density at radius 2 is 0.990 bits per heavy atom. The van der Waals surface area contributed by atoms with Crippen molar-refractivity contribution in [2.75, 3.05) is 106 Å². The standard InChI is InChI=1S/C31H33N5O.C27H31N3O5.C25H28N4O2/c1-21-17-22(2)32-27(21)18-28-30(37-3)19-29(33-28)31-25(24-11-7-8-12-26(24)34-31)20-35-13-15-36(16-14-35)23-9-5-4-6-10-23;1-15-9-16(2)28-18(15)12-20-23(32-6)13-19(29-20)22-10-17-11-24(33-7)25(34-8)14-21(17)30(22)26(31)35-27(3,4)5;1-16-12-17(2)26-21(16)13-22-24(30-3)14-23(27-22)25-19(15-29-8-10-31-11-9-29)18-6-4-5-7-20(18)28-25/h4-12,17-19,32-33H,13-16,20H2,1-3H3;9-14,28H,1-8H3;4-7,12-14,26-27H,8-11,15H2,1-3H3/b28-18-,31-29?;20-12-;22-13-,25-23?. The summed E-state index contributed by atoms with van der Waals surface area (Å²) in [6.45, 7) is 27.2. The first-order chi connectivity index (χ1) is 49.7. The maximum atomic E-state index is 13.4. The molecule has 5 aliphatic rings. The van der Waals surface area contributed by atoms with Gasteiger partial charge < -0.3 is 63.0 Å². The van der Waals surface area contributed by atoms with Crippen molar-refractivity contribution in [3.05, 3.63) is 244 Å². The Kier molecular flexibility index (Phi) is 20.7. The molecule has 532 valence electrons. The normalized spacial score (nSPS) is 17.1. The number of nitrogens with zero attached hydrogens (tertiary/aromatic N) is 7. The number of H-pyrrole nitrogens is 5. The van der Waals surface area contributed by atoms with Crippen LogP contribution in [0.3, 0.4) is 0 Å². The highest BCUT2D eigenvalue weighted by Gasteiger charge is 2.29. The van der Waals surface area contributed by atoms with Crippen LogP contribution in [0.5, 0.6) is 23.0 Å². The van der Waals surface area contributed by atoms with E-state index in [9.17, 15) is 4.79 Å². The molecule has 0 bridgehead atoms. The van der Waals surface area contributed by atoms with Gasteiger partial charge in [0.1, 0.15) is 28.6 Å². The first-order valence-corrected chi connectivity index (χ1v) is 35.0. The SMILES string of the molecule is COC1=CC(c2cc3cc(OC)c(OC)cc3n2C(=O)OC(C)(C)C)=N/C1=C\c1[nH]c(C)cc1C.COc1cc(=C2N=c3ccccc3=C2CN2CCN(c3ccccc3)CC2)[nH]/c1=C\c1[nH]c(C)cc1C.COc1cc(=C2N=c3ccccc3=C2CN2CCOCC2)[nH]/c1=C\c1[nH]c(C)cc1C. The van der Waals surface area contributed by atoms with E-state index in [1.54, 1.807) is 41.6 Å². The maximum absolute atomic E-state index is 13.4. The predicted molar refractivity (Wildman–Crippen MR) is 408 cm³/mol. The van der Waals surface area contributed by atoms with E-state index in [0.717, 1.165) is 166 Å². The zero-order valence-corrected chi connectivity index (χ0v) is 61.4. The van der Waals surface area contributed by atoms with Gasteiger partial charge in [-0.2, -0.15) is 0 Å². The van der Waals surface area contributed by atoms with E-state index < -0.39 is 11.7 Å². The second kappa shape index (κ2) is 30.3. The summed E-state index contributed by atoms with van der Waals surface area (Å²) in [7, 11) is 8.16. The minimum Gasteiger partial charge on any atom is -0.494 e. The topological polar surface area (TPSA) is 212 Å². The quantitative estimate of drug-likeness (QED) is 0.0695. The zero-order chi connectivity index (χ0) is 72.2. The number of benzene rings is 4. The van der Waals surface area contributed by atoms with Crippen LogP contribution in [0.2, 0.25) is 0 Å². The van der Waals surface area contributed by atoms with Gasteiger partial charge in [0.2, 0.25) is 0 Å². The van der Waals surface area contributed by atoms with Crippen LogP contribution in [0.25, 0.3) is 51.7 Å². The number of morpholine rings is 1. The average Bonchev–Trinajstić information content (AvgIpc) is 1.62. The Morgan fingerprint density at radius 3 is 1.47 bits per heavy atom. The number of nitrogens with one attached hydrogen (secondary N) is 5. The molecule has 0 radical (unpaired) electrons. The Labute approximate surface area is 599 Å². The van der Waals surface area contributed by atoms with Gasteiger partial charge in [0, 0.05) is 143 Å². The van der Waals surface area contributed by atoms with E-state index in [1.165, 1.54) is 43.0 Å². The van der Waals surface area contributed by atoms with Crippen molar-refractivity contribution in [3.63, 3.8) is 0 Å². The first-order valence-electron chi connectivity index (χ1n) is 35.0. The van der Waals surface area contributed by atoms with E-state index in [1.807, 2.05) is 65.0 Å². The van der Waals surface area contributed by atoms with Crippen molar-refractivity contribution >= 4 is 69.2 Å². The average molecular weight is 1390 g/mol. The number of aromatic nitrogens is 6. The van der Waals surface area contributed by atoms with Crippen LogP contribution in [0.15, 0.2) is 160 Å². The van der Waals surface area contributed by atoms with Crippen LogP contribution in [-0.4, -0.2) is 158 Å². The van der Waals surface area contributed by atoms with Gasteiger partial charge in [0.25, 0.3) is 0 Å². The Bertz CT molecular complexity index is 5500. The molecule has 4 aromatic carbocycles. The van der Waals surface area contributed by atoms with Crippen LogP contribution < -0.4 is 66.4 Å². The summed E-state index contributed by atoms with van der Waals surface area (Å²) in [5.74, 6) is 3.30. The number of fused-ring (bicyclic) bond motifs is 3. The minimum atomic E-state index is -0.680. The summed E-state index contributed by atoms with van der Waals surface area (Å²) in [6, 6.07) is 43.5. The number of piperazine rings is 1. The monoisotopic (exact) mass is 1380 g/mol. The van der Waals surface area contributed by atoms with E-state index in [2.05, 4.69) is 183 Å². The van der Waals surface area contributed by atoms with Crippen molar-refractivity contribution in [1.82, 2.24) is 39.3 Å². The molecule has 10 aromatic rings. The molecule has 0 amide bonds. The third-order valence-corrected chi connectivity index (χ3v) is 19.0. The molecule has 2 saturated heterocycles. The molecule has 20 nitrogen and oxygen atoms in total. The lowest BCUT2D eigenvalue weighted by Crippen LogP contribution is -2.47. The summed E-state index contributed by atoms with van der Waals surface area (Å²) in [5.41, 5.74) is 17.6. The highest BCUT2D eigenvalue weighted by molar-refractivity contribution is 6.15. The molecular weight excluding hydrogens is 1290 g/mol. The van der Waals surface area contributed by atoms with Crippen LogP contribution in [0.1, 0.15) is 77.3 Å². The number of rotatable bonds is 14. The van der Waals surface area contributed by atoms with Crippen molar-refractivity contribution in [3.8, 4) is 23.0 Å². The highest BCUT2D eigenvalue weighted by Crippen LogP contribution is 2.36. The molecule has 20 heteroatoms. The molecule has 0 unspecified atom stereocenters. The van der Waals surface area contributed by atoms with Crippen LogP contribution in [0, 0.1) is 41.5 Å². The van der Waals surface area contributed by atoms with Crippen molar-refractivity contribution < 1.29 is 38.0 Å². The number of anilines is 1. The lowest BCUT2D eigenvalue weighted by Gasteiger charge is -2.36. The number of hydrogen-bond donors (Lipinski definition) is 5. The lowest BCUT2D eigenvalue weighted by atomic mass is 10.1. The van der Waals surface area contributed by atoms with Gasteiger partial charge in [-0.15, -0.1) is 0 Å². The Morgan fingerprint density at radius 1 is 0.515 bits per heavy atom. The first kappa shape index (κ1) is 70.4. The number of ether oxygens (including phenoxy) is 7. The number of para-hydroxylation sites is 3. The Hall–Kier alpha value is -11.1. The molecule has 0 spiro atoms. The summed E-state index contributed by atoms with van der Waals surface area (Å²) in [4.78, 5) is 53.1. The van der Waals surface area contributed by atoms with Crippen molar-refractivity contribution in [2.24, 2.45) is 15.0 Å². The van der Waals surface area contributed by atoms with E-state index in [-0.39, 0.29) is 0 Å². The largest absolute Gasteiger partial charge is 0.494 e. The van der Waals surface area contributed by atoms with E-state index in [4.69, 9.17) is 48.1 Å². The predicted octanol–water partition coefficient (Wildman–Crippen LogP) is 8.69. The number of allylic oxidation sites excluding steroid dienone is 1. The van der Waals surface area contributed by atoms with Crippen LogP contribution in [-0.2, 0) is 14.2 Å². The molecule has 11 heterocycles. The summed E-state index contributed by atoms with van der Waals surface area (Å²) < 4.78 is 40.8. The highest BCUT2D eigenvalue weighted by atomic mass is 16.6. The van der Waals surface area contributed by atoms with E-state index in [0.29, 0.717) is 39.9 Å². The summed E-state index contributed by atoms with van der Waals surface area (Å²) in [5, 5.41) is 9.11. The zero-order valence-electron chi connectivity index (χ0n) is 61.4. The number of aryl methyl sites for hydroxylation is 6. The number of methoxy groups -OCH3 is 5. The smallest absolute Gasteiger partial charge is 0.419 e. The van der Waals surface area contributed by atoms with E-state index >= 15 is 0 Å². The number of hydrogen-bond acceptors (Lipinski definition) is 14. The molecule has 103 heavy (non-hydrogen) atoms. The van der Waals surface area contributed by atoms with Gasteiger partial charge in [0.05, 0.1) is 109 Å². The number of carbonyl (C=O) groups excluding carboxylic acids is 1.